The van der Waals surface area contributed by atoms with Gasteiger partial charge in [-0.1, -0.05) is 0 Å². The summed E-state index contributed by atoms with van der Waals surface area (Å²) in [6, 6.07) is 12.0. The second-order valence-electron chi connectivity index (χ2n) is 9.58. The highest BCUT2D eigenvalue weighted by Crippen LogP contribution is 2.35. The molecule has 0 saturated heterocycles. The zero-order chi connectivity index (χ0) is 23.9. The molecule has 0 fully saturated rings. The van der Waals surface area contributed by atoms with Gasteiger partial charge in [0.1, 0.15) is 25.3 Å². The second-order valence-corrected chi connectivity index (χ2v) is 9.58. The van der Waals surface area contributed by atoms with Gasteiger partial charge in [-0.3, -0.25) is 9.59 Å². The summed E-state index contributed by atoms with van der Waals surface area (Å²) in [4.78, 5) is 29.0. The topological polar surface area (TPSA) is 63.4 Å². The number of fused-ring (bicyclic) bond motifs is 7. The summed E-state index contributed by atoms with van der Waals surface area (Å²) in [6.07, 6.45) is 2.08. The molecule has 7 heteroatoms. The summed E-state index contributed by atoms with van der Waals surface area (Å²) in [7, 11) is 9.57. The molecule has 0 atom stereocenters. The molecule has 0 aliphatic carbocycles. The van der Waals surface area contributed by atoms with Crippen LogP contribution >= 0.6 is 0 Å². The molecule has 0 saturated carbocycles. The Hall–Kier alpha value is -3.87. The van der Waals surface area contributed by atoms with Crippen LogP contribution in [0.4, 0.5) is 5.69 Å². The smallest absolute Gasteiger partial charge is 0.261 e. The van der Waals surface area contributed by atoms with Gasteiger partial charge in [0.2, 0.25) is 5.36 Å². The van der Waals surface area contributed by atoms with Crippen molar-refractivity contribution in [2.75, 3.05) is 32.6 Å². The van der Waals surface area contributed by atoms with Crippen LogP contribution in [-0.4, -0.2) is 36.8 Å². The first-order valence-corrected chi connectivity index (χ1v) is 11.5. The van der Waals surface area contributed by atoms with Crippen molar-refractivity contribution in [1.82, 2.24) is 13.7 Å². The van der Waals surface area contributed by atoms with Crippen molar-refractivity contribution < 1.29 is 4.42 Å². The molecular weight excluding hydrogens is 428 g/mol. The molecular formula is C27H27N4O3+. The van der Waals surface area contributed by atoms with E-state index in [1.807, 2.05) is 36.9 Å². The third-order valence-electron chi connectivity index (χ3n) is 7.31. The SMILES string of the molecule is CN1CCCc2cc3c4oc5c(cc4c(=O)n(C)c3cc21)c(=O)n(C)c1cc(=[N+](C)C)ccc51. The molecule has 0 amide bonds. The van der Waals surface area contributed by atoms with Gasteiger partial charge in [-0.15, -0.1) is 0 Å². The summed E-state index contributed by atoms with van der Waals surface area (Å²) < 4.78 is 11.8. The van der Waals surface area contributed by atoms with Gasteiger partial charge >= 0.3 is 0 Å². The summed E-state index contributed by atoms with van der Waals surface area (Å²) in [5, 5.41) is 3.57. The highest BCUT2D eigenvalue weighted by Gasteiger charge is 2.21. The van der Waals surface area contributed by atoms with Gasteiger partial charge < -0.3 is 18.5 Å². The van der Waals surface area contributed by atoms with Crippen molar-refractivity contribution in [3.63, 3.8) is 0 Å². The van der Waals surface area contributed by atoms with Crippen LogP contribution in [0.15, 0.2) is 50.4 Å². The van der Waals surface area contributed by atoms with Crippen LogP contribution in [0.5, 0.6) is 0 Å². The molecule has 3 aromatic heterocycles. The van der Waals surface area contributed by atoms with Crippen molar-refractivity contribution in [1.29, 1.82) is 0 Å². The minimum absolute atomic E-state index is 0.170. The van der Waals surface area contributed by atoms with E-state index in [1.54, 1.807) is 29.3 Å². The van der Waals surface area contributed by atoms with Crippen molar-refractivity contribution >= 4 is 49.4 Å². The highest BCUT2D eigenvalue weighted by molar-refractivity contribution is 6.10. The average molecular weight is 456 g/mol. The van der Waals surface area contributed by atoms with Crippen molar-refractivity contribution in [3.05, 3.63) is 68.0 Å². The molecule has 0 N–H and O–H groups in total. The van der Waals surface area contributed by atoms with Crippen molar-refractivity contribution in [2.45, 2.75) is 12.8 Å². The van der Waals surface area contributed by atoms with Gasteiger partial charge in [0.25, 0.3) is 11.1 Å². The molecule has 1 aliphatic heterocycles. The van der Waals surface area contributed by atoms with Crippen molar-refractivity contribution in [3.8, 4) is 0 Å². The number of aromatic nitrogens is 2. The van der Waals surface area contributed by atoms with Gasteiger partial charge in [-0.25, -0.2) is 4.58 Å². The van der Waals surface area contributed by atoms with E-state index < -0.39 is 0 Å². The lowest BCUT2D eigenvalue weighted by Crippen LogP contribution is -2.25. The van der Waals surface area contributed by atoms with E-state index in [0.29, 0.717) is 21.9 Å². The van der Waals surface area contributed by atoms with Crippen LogP contribution in [0.2, 0.25) is 0 Å². The number of nitrogens with zero attached hydrogens (tertiary/aromatic N) is 4. The van der Waals surface area contributed by atoms with Gasteiger partial charge in [0, 0.05) is 56.3 Å². The Labute approximate surface area is 195 Å². The molecule has 2 aromatic carbocycles. The summed E-state index contributed by atoms with van der Waals surface area (Å²) in [6.45, 7) is 0.999. The minimum atomic E-state index is -0.182. The van der Waals surface area contributed by atoms with E-state index in [0.717, 1.165) is 52.2 Å². The monoisotopic (exact) mass is 455 g/mol. The first kappa shape index (κ1) is 20.7. The Morgan fingerprint density at radius 2 is 1.44 bits per heavy atom. The summed E-state index contributed by atoms with van der Waals surface area (Å²) in [5.41, 5.74) is 4.73. The zero-order valence-electron chi connectivity index (χ0n) is 20.1. The van der Waals surface area contributed by atoms with Gasteiger partial charge in [-0.2, -0.15) is 0 Å². The Balaban J connectivity index is 1.84. The number of hydrogen-bond acceptors (Lipinski definition) is 4. The number of benzene rings is 2. The van der Waals surface area contributed by atoms with E-state index in [1.165, 1.54) is 5.56 Å². The standard InChI is InChI=1S/C27H27N4O3/c1-28(2)16-8-9-17-22(12-16)30(4)26(32)19-13-20-25(34-24(17)19)18-11-15-7-6-10-29(3)21(15)14-23(18)31(5)27(20)33/h8-9,11-14H,6-7,10H2,1-5H3/q+1. The molecule has 1 aliphatic rings. The Morgan fingerprint density at radius 3 is 2.12 bits per heavy atom. The van der Waals surface area contributed by atoms with Gasteiger partial charge in [0.05, 0.1) is 21.8 Å². The Kier molecular flexibility index (Phi) is 4.30. The first-order valence-electron chi connectivity index (χ1n) is 11.5. The molecule has 6 rings (SSSR count). The number of pyridine rings is 2. The minimum Gasteiger partial charge on any atom is -0.454 e. The first-order chi connectivity index (χ1) is 16.3. The van der Waals surface area contributed by atoms with Crippen LogP contribution in [0.1, 0.15) is 12.0 Å². The zero-order valence-corrected chi connectivity index (χ0v) is 20.1. The van der Waals surface area contributed by atoms with E-state index in [4.69, 9.17) is 4.42 Å². The third-order valence-corrected chi connectivity index (χ3v) is 7.31. The van der Waals surface area contributed by atoms with Crippen LogP contribution < -0.4 is 26.0 Å². The van der Waals surface area contributed by atoms with Crippen LogP contribution in [0.3, 0.4) is 0 Å². The fourth-order valence-corrected chi connectivity index (χ4v) is 5.32. The average Bonchev–Trinajstić information content (AvgIpc) is 2.84. The molecule has 0 radical (unpaired) electrons. The van der Waals surface area contributed by atoms with E-state index in [2.05, 4.69) is 24.1 Å². The van der Waals surface area contributed by atoms with E-state index in [-0.39, 0.29) is 11.1 Å². The largest absolute Gasteiger partial charge is 0.454 e. The summed E-state index contributed by atoms with van der Waals surface area (Å²) in [5.74, 6) is 0. The molecule has 4 heterocycles. The number of anilines is 1. The third kappa shape index (κ3) is 2.73. The molecule has 7 nitrogen and oxygen atoms in total. The Morgan fingerprint density at radius 1 is 0.794 bits per heavy atom. The molecule has 0 unspecified atom stereocenters. The summed E-state index contributed by atoms with van der Waals surface area (Å²) >= 11 is 0. The molecule has 5 aromatic rings. The lowest BCUT2D eigenvalue weighted by molar-refractivity contribution is 0.664. The van der Waals surface area contributed by atoms with Gasteiger partial charge in [-0.05, 0) is 42.7 Å². The predicted octanol–water partition coefficient (Wildman–Crippen LogP) is 2.70. The van der Waals surface area contributed by atoms with Gasteiger partial charge in [0.15, 0.2) is 0 Å². The molecule has 0 spiro atoms. The van der Waals surface area contributed by atoms with Crippen molar-refractivity contribution in [2.24, 2.45) is 14.1 Å². The fraction of sp³-hybridized carbons (Fsp3) is 0.296. The molecule has 0 bridgehead atoms. The normalized spacial score (nSPS) is 13.9. The number of aryl methyl sites for hydroxylation is 3. The number of hydrogen-bond donors (Lipinski definition) is 0. The lowest BCUT2D eigenvalue weighted by Gasteiger charge is -2.28. The maximum absolute atomic E-state index is 13.4. The second kappa shape index (κ2) is 7.06. The lowest BCUT2D eigenvalue weighted by atomic mass is 9.98. The number of rotatable bonds is 0. The van der Waals surface area contributed by atoms with E-state index >= 15 is 0 Å². The Bertz CT molecular complexity index is 1890. The van der Waals surface area contributed by atoms with E-state index in [9.17, 15) is 9.59 Å². The molecule has 172 valence electrons. The van der Waals surface area contributed by atoms with Crippen LogP contribution in [0, 0.1) is 0 Å². The fourth-order valence-electron chi connectivity index (χ4n) is 5.32. The maximum atomic E-state index is 13.4. The maximum Gasteiger partial charge on any atom is 0.261 e. The van der Waals surface area contributed by atoms with Crippen LogP contribution in [-0.2, 0) is 20.5 Å². The predicted molar refractivity (Wildman–Crippen MR) is 138 cm³/mol. The highest BCUT2D eigenvalue weighted by atomic mass is 16.3. The van der Waals surface area contributed by atoms with Crippen LogP contribution in [0.25, 0.3) is 43.7 Å². The molecule has 34 heavy (non-hydrogen) atoms. The quantitative estimate of drug-likeness (QED) is 0.205.